The first kappa shape index (κ1) is 24.2. The molecule has 2 aromatic carbocycles. The lowest BCUT2D eigenvalue weighted by Crippen LogP contribution is -2.48. The van der Waals surface area contributed by atoms with Gasteiger partial charge in [0.05, 0.1) is 11.4 Å². The molecule has 1 aromatic heterocycles. The monoisotopic (exact) mass is 523 g/mol. The van der Waals surface area contributed by atoms with Gasteiger partial charge in [-0.05, 0) is 29.8 Å². The number of thioether (sulfide) groups is 1. The second-order valence-corrected chi connectivity index (χ2v) is 10.2. The van der Waals surface area contributed by atoms with E-state index in [4.69, 9.17) is 21.1 Å². The van der Waals surface area contributed by atoms with E-state index in [1.54, 1.807) is 11.3 Å². The van der Waals surface area contributed by atoms with Crippen LogP contribution in [0, 0.1) is 0 Å². The number of benzene rings is 2. The minimum Gasteiger partial charge on any atom is -0.454 e. The van der Waals surface area contributed by atoms with Crippen molar-refractivity contribution in [3.05, 3.63) is 58.4 Å². The van der Waals surface area contributed by atoms with Gasteiger partial charge >= 0.3 is 0 Å². The van der Waals surface area contributed by atoms with Crippen molar-refractivity contribution < 1.29 is 14.3 Å². The summed E-state index contributed by atoms with van der Waals surface area (Å²) >= 11 is 9.03. The summed E-state index contributed by atoms with van der Waals surface area (Å²) in [5.74, 6) is 2.20. The summed E-state index contributed by atoms with van der Waals surface area (Å²) in [6.45, 7) is 4.36. The number of amides is 1. The number of ether oxygens (including phenoxy) is 2. The Balaban J connectivity index is 0.00000259. The molecular weight excluding hydrogens is 501 g/mol. The molecule has 33 heavy (non-hydrogen) atoms. The highest BCUT2D eigenvalue weighted by Gasteiger charge is 2.22. The van der Waals surface area contributed by atoms with Gasteiger partial charge in [-0.2, -0.15) is 0 Å². The molecule has 1 saturated heterocycles. The van der Waals surface area contributed by atoms with Crippen molar-refractivity contribution in [1.29, 1.82) is 0 Å². The summed E-state index contributed by atoms with van der Waals surface area (Å²) in [5, 5.41) is 2.73. The average Bonchev–Trinajstić information content (AvgIpc) is 3.48. The number of rotatable bonds is 6. The summed E-state index contributed by atoms with van der Waals surface area (Å²) in [5.41, 5.74) is 3.14. The zero-order valence-electron chi connectivity index (χ0n) is 17.7. The van der Waals surface area contributed by atoms with Crippen molar-refractivity contribution in [1.82, 2.24) is 14.8 Å². The molecule has 10 heteroatoms. The van der Waals surface area contributed by atoms with Crippen molar-refractivity contribution in [2.45, 2.75) is 10.9 Å². The molecule has 0 N–H and O–H groups in total. The van der Waals surface area contributed by atoms with Crippen LogP contribution in [0.5, 0.6) is 11.5 Å². The molecule has 6 nitrogen and oxygen atoms in total. The lowest BCUT2D eigenvalue weighted by atomic mass is 10.1. The lowest BCUT2D eigenvalue weighted by molar-refractivity contribution is -0.130. The molecule has 1 amide bonds. The summed E-state index contributed by atoms with van der Waals surface area (Å²) in [4.78, 5) is 21.7. The van der Waals surface area contributed by atoms with E-state index in [-0.39, 0.29) is 18.3 Å². The van der Waals surface area contributed by atoms with E-state index < -0.39 is 0 Å². The van der Waals surface area contributed by atoms with E-state index in [0.717, 1.165) is 59.8 Å². The molecule has 0 saturated carbocycles. The predicted molar refractivity (Wildman–Crippen MR) is 135 cm³/mol. The number of halogens is 2. The van der Waals surface area contributed by atoms with Gasteiger partial charge in [-0.15, -0.1) is 23.7 Å². The lowest BCUT2D eigenvalue weighted by Gasteiger charge is -2.34. The minimum absolute atomic E-state index is 0. The minimum atomic E-state index is 0. The quantitative estimate of drug-likeness (QED) is 0.421. The molecule has 2 aliphatic heterocycles. The Hall–Kier alpha value is -1.97. The third-order valence-corrected chi connectivity index (χ3v) is 7.77. The van der Waals surface area contributed by atoms with E-state index in [0.29, 0.717) is 17.6 Å². The topological polar surface area (TPSA) is 54.9 Å². The number of nitrogens with zero attached hydrogens (tertiary/aromatic N) is 3. The van der Waals surface area contributed by atoms with Crippen molar-refractivity contribution >= 4 is 53.0 Å². The van der Waals surface area contributed by atoms with E-state index in [1.807, 2.05) is 46.7 Å². The molecule has 1 fully saturated rings. The number of hydrogen-bond donors (Lipinski definition) is 0. The molecule has 0 spiro atoms. The highest BCUT2D eigenvalue weighted by atomic mass is 35.5. The molecule has 3 aromatic rings. The molecule has 0 radical (unpaired) electrons. The number of carbonyl (C=O) groups excluding carboxylic acids is 1. The number of hydrogen-bond acceptors (Lipinski definition) is 7. The van der Waals surface area contributed by atoms with E-state index in [9.17, 15) is 4.79 Å². The average molecular weight is 524 g/mol. The summed E-state index contributed by atoms with van der Waals surface area (Å²) in [6.07, 6.45) is 0. The predicted octanol–water partition coefficient (Wildman–Crippen LogP) is 5.05. The van der Waals surface area contributed by atoms with Crippen LogP contribution in [0.25, 0.3) is 11.3 Å². The van der Waals surface area contributed by atoms with Crippen molar-refractivity contribution in [2.75, 3.05) is 38.7 Å². The third-order valence-electron chi connectivity index (χ3n) is 5.51. The number of piperazine rings is 1. The molecule has 0 unspecified atom stereocenters. The first-order chi connectivity index (χ1) is 15.6. The SMILES string of the molecule is Cl.O=C(CSc1nc(-c2ccc(Cl)cc2)cs1)N1CCN(Cc2ccc3c(c2)OCO3)CC1. The second kappa shape index (κ2) is 11.0. The smallest absolute Gasteiger partial charge is 0.233 e. The maximum atomic E-state index is 12.7. The number of carbonyl (C=O) groups is 1. The molecule has 2 aliphatic rings. The Morgan fingerprint density at radius 1 is 1.06 bits per heavy atom. The van der Waals surface area contributed by atoms with Crippen LogP contribution in [-0.4, -0.2) is 59.4 Å². The van der Waals surface area contributed by atoms with Crippen LogP contribution in [0.1, 0.15) is 5.56 Å². The third kappa shape index (κ3) is 5.94. The van der Waals surface area contributed by atoms with E-state index in [1.165, 1.54) is 17.3 Å². The van der Waals surface area contributed by atoms with Crippen LogP contribution in [0.3, 0.4) is 0 Å². The maximum absolute atomic E-state index is 12.7. The summed E-state index contributed by atoms with van der Waals surface area (Å²) in [7, 11) is 0. The fourth-order valence-electron chi connectivity index (χ4n) is 3.74. The largest absolute Gasteiger partial charge is 0.454 e. The van der Waals surface area contributed by atoms with Gasteiger partial charge in [0.25, 0.3) is 0 Å². The van der Waals surface area contributed by atoms with Crippen molar-refractivity contribution in [2.24, 2.45) is 0 Å². The van der Waals surface area contributed by atoms with E-state index in [2.05, 4.69) is 16.0 Å². The van der Waals surface area contributed by atoms with Crippen LogP contribution in [0.4, 0.5) is 0 Å². The Labute approximate surface area is 212 Å². The zero-order chi connectivity index (χ0) is 21.9. The second-order valence-electron chi connectivity index (χ2n) is 7.64. The van der Waals surface area contributed by atoms with Crippen LogP contribution < -0.4 is 9.47 Å². The number of thiazole rings is 1. The number of aromatic nitrogens is 1. The van der Waals surface area contributed by atoms with Gasteiger partial charge in [0, 0.05) is 48.7 Å². The fraction of sp³-hybridized carbons (Fsp3) is 0.304. The van der Waals surface area contributed by atoms with Crippen LogP contribution in [-0.2, 0) is 11.3 Å². The van der Waals surface area contributed by atoms with E-state index >= 15 is 0 Å². The Kier molecular flexibility index (Phi) is 8.03. The standard InChI is InChI=1S/C23H22ClN3O3S2.ClH/c24-18-4-2-17(3-5-18)19-13-31-23(25-19)32-14-22(28)27-9-7-26(8-10-27)12-16-1-6-20-21(11-16)30-15-29-20;/h1-6,11,13H,7-10,12,14-15H2;1H. The van der Waals surface area contributed by atoms with Crippen LogP contribution in [0.15, 0.2) is 52.2 Å². The Morgan fingerprint density at radius 3 is 2.61 bits per heavy atom. The summed E-state index contributed by atoms with van der Waals surface area (Å²) < 4.78 is 11.7. The molecule has 5 rings (SSSR count). The van der Waals surface area contributed by atoms with Crippen molar-refractivity contribution in [3.63, 3.8) is 0 Å². The number of fused-ring (bicyclic) bond motifs is 1. The maximum Gasteiger partial charge on any atom is 0.233 e. The van der Waals surface area contributed by atoms with Gasteiger partial charge in [0.2, 0.25) is 12.7 Å². The zero-order valence-corrected chi connectivity index (χ0v) is 20.9. The van der Waals surface area contributed by atoms with Gasteiger partial charge in [-0.25, -0.2) is 4.98 Å². The first-order valence-electron chi connectivity index (χ1n) is 10.4. The van der Waals surface area contributed by atoms with Crippen LogP contribution >= 0.6 is 47.1 Å². The molecule has 0 atom stereocenters. The van der Waals surface area contributed by atoms with Gasteiger partial charge in [0.15, 0.2) is 15.8 Å². The van der Waals surface area contributed by atoms with Gasteiger partial charge in [0.1, 0.15) is 0 Å². The molecule has 174 valence electrons. The molecular formula is C23H23Cl2N3O3S2. The first-order valence-corrected chi connectivity index (χ1v) is 12.6. The summed E-state index contributed by atoms with van der Waals surface area (Å²) in [6, 6.07) is 13.7. The molecule has 0 aliphatic carbocycles. The van der Waals surface area contributed by atoms with Crippen LogP contribution in [0.2, 0.25) is 5.02 Å². The van der Waals surface area contributed by atoms with Gasteiger partial charge in [-0.3, -0.25) is 9.69 Å². The highest BCUT2D eigenvalue weighted by Crippen LogP contribution is 2.33. The van der Waals surface area contributed by atoms with Crippen molar-refractivity contribution in [3.8, 4) is 22.8 Å². The Bertz CT molecular complexity index is 1100. The van der Waals surface area contributed by atoms with Gasteiger partial charge in [-0.1, -0.05) is 41.6 Å². The fourth-order valence-corrected chi connectivity index (χ4v) is 5.61. The van der Waals surface area contributed by atoms with Gasteiger partial charge < -0.3 is 14.4 Å². The molecule has 3 heterocycles. The normalized spacial score (nSPS) is 15.4. The Morgan fingerprint density at radius 2 is 1.82 bits per heavy atom. The molecule has 0 bridgehead atoms. The highest BCUT2D eigenvalue weighted by molar-refractivity contribution is 8.01.